The summed E-state index contributed by atoms with van der Waals surface area (Å²) in [6.07, 6.45) is 0. The van der Waals surface area contributed by atoms with Crippen molar-refractivity contribution in [2.45, 2.75) is 11.8 Å². The number of fused-ring (bicyclic) bond motifs is 4. The van der Waals surface area contributed by atoms with E-state index >= 15 is 0 Å². The SMILES string of the molecule is Cc1ccc(S(=O)(=O)Oc2ccc3ccccc3c2-c2nc3ccc4ccccc4c3o2)cc1. The Bertz CT molecular complexity index is 1800. The van der Waals surface area contributed by atoms with Gasteiger partial charge in [0.05, 0.1) is 5.56 Å². The molecule has 0 aliphatic carbocycles. The molecule has 0 unspecified atom stereocenters. The van der Waals surface area contributed by atoms with Gasteiger partial charge in [0.2, 0.25) is 5.89 Å². The molecule has 0 radical (unpaired) electrons. The molecule has 1 heterocycles. The van der Waals surface area contributed by atoms with E-state index in [2.05, 4.69) is 0 Å². The molecular weight excluding hydrogens is 446 g/mol. The maximum atomic E-state index is 13.1. The van der Waals surface area contributed by atoms with Crippen molar-refractivity contribution in [3.63, 3.8) is 0 Å². The molecule has 0 saturated heterocycles. The predicted octanol–water partition coefficient (Wildman–Crippen LogP) is 6.88. The van der Waals surface area contributed by atoms with Crippen LogP contribution in [0.1, 0.15) is 5.56 Å². The van der Waals surface area contributed by atoms with Crippen LogP contribution in [-0.2, 0) is 10.1 Å². The molecule has 5 nitrogen and oxygen atoms in total. The molecule has 0 saturated carbocycles. The molecule has 0 amide bonds. The second kappa shape index (κ2) is 7.71. The van der Waals surface area contributed by atoms with Crippen LogP contribution >= 0.6 is 0 Å². The van der Waals surface area contributed by atoms with Gasteiger partial charge in [-0.2, -0.15) is 8.42 Å². The number of benzene rings is 5. The molecule has 1 aromatic heterocycles. The van der Waals surface area contributed by atoms with E-state index in [0.717, 1.165) is 27.1 Å². The fourth-order valence-corrected chi connectivity index (χ4v) is 5.12. The summed E-state index contributed by atoms with van der Waals surface area (Å²) in [5.41, 5.74) is 2.79. The third-order valence-corrected chi connectivity index (χ3v) is 7.14. The molecule has 5 aromatic carbocycles. The van der Waals surface area contributed by atoms with Gasteiger partial charge in [0.25, 0.3) is 0 Å². The first-order chi connectivity index (χ1) is 16.5. The van der Waals surface area contributed by atoms with Crippen molar-refractivity contribution >= 4 is 42.8 Å². The first-order valence-electron chi connectivity index (χ1n) is 10.8. The van der Waals surface area contributed by atoms with Crippen LogP contribution in [0.25, 0.3) is 44.1 Å². The molecule has 0 fully saturated rings. The van der Waals surface area contributed by atoms with Crippen molar-refractivity contribution in [2.75, 3.05) is 0 Å². The topological polar surface area (TPSA) is 69.4 Å². The van der Waals surface area contributed by atoms with Crippen molar-refractivity contribution in [1.82, 2.24) is 4.98 Å². The third-order valence-electron chi connectivity index (χ3n) is 5.89. The lowest BCUT2D eigenvalue weighted by atomic mass is 10.0. The van der Waals surface area contributed by atoms with Gasteiger partial charge in [0, 0.05) is 5.39 Å². The van der Waals surface area contributed by atoms with Gasteiger partial charge in [-0.1, -0.05) is 78.4 Å². The molecule has 0 aliphatic heterocycles. The van der Waals surface area contributed by atoms with Crippen molar-refractivity contribution in [3.05, 3.63) is 103 Å². The van der Waals surface area contributed by atoms with Crippen LogP contribution in [0.2, 0.25) is 0 Å². The maximum Gasteiger partial charge on any atom is 0.339 e. The Balaban J connectivity index is 1.57. The van der Waals surface area contributed by atoms with Crippen LogP contribution in [0.5, 0.6) is 5.75 Å². The molecule has 0 N–H and O–H groups in total. The van der Waals surface area contributed by atoms with E-state index in [1.54, 1.807) is 18.2 Å². The molecule has 34 heavy (non-hydrogen) atoms. The monoisotopic (exact) mass is 465 g/mol. The molecule has 0 aliphatic rings. The zero-order valence-electron chi connectivity index (χ0n) is 18.2. The van der Waals surface area contributed by atoms with Crippen molar-refractivity contribution in [2.24, 2.45) is 0 Å². The van der Waals surface area contributed by atoms with Crippen molar-refractivity contribution in [1.29, 1.82) is 0 Å². The summed E-state index contributed by atoms with van der Waals surface area (Å²) in [5.74, 6) is 0.465. The fraction of sp³-hybridized carbons (Fsp3) is 0.0357. The lowest BCUT2D eigenvalue weighted by molar-refractivity contribution is 0.486. The van der Waals surface area contributed by atoms with Crippen LogP contribution in [0.4, 0.5) is 0 Å². The van der Waals surface area contributed by atoms with Crippen LogP contribution in [0.3, 0.4) is 0 Å². The minimum atomic E-state index is -4.06. The number of rotatable bonds is 4. The van der Waals surface area contributed by atoms with Gasteiger partial charge < -0.3 is 8.60 Å². The largest absolute Gasteiger partial charge is 0.435 e. The number of hydrogen-bond donors (Lipinski definition) is 0. The van der Waals surface area contributed by atoms with Crippen LogP contribution in [0.15, 0.2) is 106 Å². The van der Waals surface area contributed by atoms with E-state index in [1.807, 2.05) is 73.7 Å². The van der Waals surface area contributed by atoms with Crippen LogP contribution < -0.4 is 4.18 Å². The van der Waals surface area contributed by atoms with E-state index in [9.17, 15) is 8.42 Å². The van der Waals surface area contributed by atoms with Gasteiger partial charge in [-0.3, -0.25) is 0 Å². The number of oxazole rings is 1. The summed E-state index contributed by atoms with van der Waals surface area (Å²) in [6, 6.07) is 29.5. The maximum absolute atomic E-state index is 13.1. The summed E-state index contributed by atoms with van der Waals surface area (Å²) in [4.78, 5) is 4.80. The highest BCUT2D eigenvalue weighted by molar-refractivity contribution is 7.87. The highest BCUT2D eigenvalue weighted by atomic mass is 32.2. The van der Waals surface area contributed by atoms with Crippen molar-refractivity contribution < 1.29 is 17.0 Å². The lowest BCUT2D eigenvalue weighted by Gasteiger charge is -2.12. The first-order valence-corrected chi connectivity index (χ1v) is 12.2. The van der Waals surface area contributed by atoms with Crippen molar-refractivity contribution in [3.8, 4) is 17.2 Å². The van der Waals surface area contributed by atoms with E-state index in [0.29, 0.717) is 22.6 Å². The Morgan fingerprint density at radius 2 is 1.38 bits per heavy atom. The van der Waals surface area contributed by atoms with Gasteiger partial charge in [-0.05, 0) is 47.3 Å². The number of aryl methyl sites for hydroxylation is 1. The van der Waals surface area contributed by atoms with Gasteiger partial charge in [-0.25, -0.2) is 4.98 Å². The van der Waals surface area contributed by atoms with E-state index in [-0.39, 0.29) is 10.6 Å². The zero-order chi connectivity index (χ0) is 23.3. The smallest absolute Gasteiger partial charge is 0.339 e. The lowest BCUT2D eigenvalue weighted by Crippen LogP contribution is -2.10. The Labute approximate surface area is 196 Å². The Hall–Kier alpha value is -4.16. The van der Waals surface area contributed by atoms with Gasteiger partial charge in [-0.15, -0.1) is 0 Å². The molecule has 6 aromatic rings. The average Bonchev–Trinajstić information content (AvgIpc) is 3.28. The molecular formula is C28H19NO4S. The second-order valence-corrected chi connectivity index (χ2v) is 9.71. The quantitative estimate of drug-likeness (QED) is 0.266. The van der Waals surface area contributed by atoms with Gasteiger partial charge in [0.1, 0.15) is 10.4 Å². The Kier molecular flexibility index (Phi) is 4.64. The van der Waals surface area contributed by atoms with Gasteiger partial charge >= 0.3 is 10.1 Å². The summed E-state index contributed by atoms with van der Waals surface area (Å²) in [7, 11) is -4.06. The minimum absolute atomic E-state index is 0.0840. The molecule has 6 rings (SSSR count). The normalized spacial score (nSPS) is 11.9. The number of hydrogen-bond acceptors (Lipinski definition) is 5. The van der Waals surface area contributed by atoms with E-state index < -0.39 is 10.1 Å². The number of nitrogens with zero attached hydrogens (tertiary/aromatic N) is 1. The van der Waals surface area contributed by atoms with Crippen LogP contribution in [-0.4, -0.2) is 13.4 Å². The molecule has 166 valence electrons. The third kappa shape index (κ3) is 3.40. The summed E-state index contributed by atoms with van der Waals surface area (Å²) in [6.45, 7) is 1.90. The Morgan fingerprint density at radius 1 is 0.735 bits per heavy atom. The summed E-state index contributed by atoms with van der Waals surface area (Å²) in [5, 5.41) is 3.68. The molecule has 0 spiro atoms. The van der Waals surface area contributed by atoms with Crippen LogP contribution in [0, 0.1) is 6.92 Å². The Morgan fingerprint density at radius 3 is 2.15 bits per heavy atom. The minimum Gasteiger partial charge on any atom is -0.435 e. The molecule has 0 atom stereocenters. The number of aromatic nitrogens is 1. The summed E-state index contributed by atoms with van der Waals surface area (Å²) >= 11 is 0. The molecule has 6 heteroatoms. The highest BCUT2D eigenvalue weighted by Gasteiger charge is 2.23. The average molecular weight is 466 g/mol. The standard InChI is InChI=1S/C28H19NO4S/c1-18-10-14-21(15-11-18)34(30,31)33-25-17-13-19-6-2-4-8-22(19)26(25)28-29-24-16-12-20-7-3-5-9-23(20)27(24)32-28/h2-17H,1H3. The summed E-state index contributed by atoms with van der Waals surface area (Å²) < 4.78 is 38.2. The second-order valence-electron chi connectivity index (χ2n) is 8.16. The van der Waals surface area contributed by atoms with Gasteiger partial charge in [0.15, 0.2) is 11.3 Å². The highest BCUT2D eigenvalue weighted by Crippen LogP contribution is 2.40. The first kappa shape index (κ1) is 20.4. The van der Waals surface area contributed by atoms with E-state index in [1.165, 1.54) is 12.1 Å². The predicted molar refractivity (Wildman–Crippen MR) is 133 cm³/mol. The van der Waals surface area contributed by atoms with E-state index in [4.69, 9.17) is 13.6 Å². The fourth-order valence-electron chi connectivity index (χ4n) is 4.18. The zero-order valence-corrected chi connectivity index (χ0v) is 19.0. The molecule has 0 bridgehead atoms.